The minimum atomic E-state index is -5.08. The molecule has 1 aromatic carbocycles. The van der Waals surface area contributed by atoms with Gasteiger partial charge in [0, 0.05) is 36.8 Å². The van der Waals surface area contributed by atoms with Gasteiger partial charge in [-0.3, -0.25) is 4.98 Å². The molecule has 0 spiro atoms. The molecule has 4 heterocycles. The number of piperidine rings is 1. The van der Waals surface area contributed by atoms with Crippen LogP contribution in [0.5, 0.6) is 0 Å². The van der Waals surface area contributed by atoms with Crippen molar-refractivity contribution in [2.75, 3.05) is 18.4 Å². The highest BCUT2D eigenvalue weighted by atomic mass is 35.5. The van der Waals surface area contributed by atoms with Gasteiger partial charge in [0.1, 0.15) is 5.69 Å². The first-order valence-electron chi connectivity index (χ1n) is 11.3. The summed E-state index contributed by atoms with van der Waals surface area (Å²) in [7, 11) is 0. The van der Waals surface area contributed by atoms with E-state index in [9.17, 15) is 18.0 Å². The first-order valence-corrected chi connectivity index (χ1v) is 11.6. The van der Waals surface area contributed by atoms with Crippen LogP contribution in [-0.4, -0.2) is 61.4 Å². The maximum absolute atomic E-state index is 12.6. The van der Waals surface area contributed by atoms with Crippen molar-refractivity contribution in [2.45, 2.75) is 24.9 Å². The van der Waals surface area contributed by atoms with Crippen LogP contribution in [0.4, 0.5) is 23.7 Å². The van der Waals surface area contributed by atoms with E-state index in [-0.39, 0.29) is 11.9 Å². The second kappa shape index (κ2) is 11.4. The number of carboxylic acids is 1. The highest BCUT2D eigenvalue weighted by molar-refractivity contribution is 6.33. The molecule has 0 unspecified atom stereocenters. The number of amides is 2. The molecule has 0 atom stereocenters. The molecule has 0 saturated carbocycles. The van der Waals surface area contributed by atoms with Gasteiger partial charge in [-0.15, -0.1) is 0 Å². The lowest BCUT2D eigenvalue weighted by molar-refractivity contribution is -0.192. The predicted molar refractivity (Wildman–Crippen MR) is 131 cm³/mol. The van der Waals surface area contributed by atoms with Crippen LogP contribution in [0.25, 0.3) is 22.4 Å². The molecule has 2 amide bonds. The average molecular weight is 549 g/mol. The molecule has 3 aromatic heterocycles. The molecule has 198 valence electrons. The molecule has 4 aromatic rings. The lowest BCUT2D eigenvalue weighted by Crippen LogP contribution is -2.40. The van der Waals surface area contributed by atoms with Crippen molar-refractivity contribution in [3.63, 3.8) is 0 Å². The van der Waals surface area contributed by atoms with Gasteiger partial charge in [-0.2, -0.15) is 18.2 Å². The first kappa shape index (κ1) is 26.8. The van der Waals surface area contributed by atoms with E-state index >= 15 is 0 Å². The number of carbonyl (C=O) groups excluding carboxylic acids is 1. The predicted octanol–water partition coefficient (Wildman–Crippen LogP) is 5.38. The van der Waals surface area contributed by atoms with E-state index in [2.05, 4.69) is 25.4 Å². The smallest absolute Gasteiger partial charge is 0.475 e. The summed E-state index contributed by atoms with van der Waals surface area (Å²) in [5, 5.41) is 15.6. The number of alkyl halides is 3. The number of hydrogen-bond acceptors (Lipinski definition) is 7. The second-order valence-corrected chi connectivity index (χ2v) is 8.60. The molecule has 0 radical (unpaired) electrons. The minimum Gasteiger partial charge on any atom is -0.475 e. The van der Waals surface area contributed by atoms with Crippen molar-refractivity contribution >= 4 is 40.2 Å². The number of fused-ring (bicyclic) bond motifs is 1. The van der Waals surface area contributed by atoms with Crippen LogP contribution in [0.3, 0.4) is 0 Å². The van der Waals surface area contributed by atoms with E-state index in [0.717, 1.165) is 23.7 Å². The van der Waals surface area contributed by atoms with Crippen molar-refractivity contribution in [3.8, 4) is 11.5 Å². The van der Waals surface area contributed by atoms with Crippen molar-refractivity contribution in [1.82, 2.24) is 25.0 Å². The number of anilines is 1. The number of nitrogens with one attached hydrogen (secondary N) is 1. The number of halogens is 4. The third-order valence-corrected chi connectivity index (χ3v) is 5.98. The summed E-state index contributed by atoms with van der Waals surface area (Å²) in [5.41, 5.74) is 2.10. The molecule has 0 aliphatic carbocycles. The van der Waals surface area contributed by atoms with E-state index in [1.54, 1.807) is 29.4 Å². The number of likely N-dealkylation sites (tertiary alicyclic amines) is 1. The Morgan fingerprint density at radius 1 is 1.08 bits per heavy atom. The average Bonchev–Trinajstić information content (AvgIpc) is 3.40. The van der Waals surface area contributed by atoms with Crippen molar-refractivity contribution in [3.05, 3.63) is 65.8 Å². The molecule has 14 heteroatoms. The molecule has 2 N–H and O–H groups in total. The molecule has 10 nitrogen and oxygen atoms in total. The van der Waals surface area contributed by atoms with Gasteiger partial charge in [-0.1, -0.05) is 28.9 Å². The van der Waals surface area contributed by atoms with Crippen molar-refractivity contribution < 1.29 is 32.4 Å². The SMILES string of the molecule is O=C(Nc1ccccc1Cl)N1CCC(c2nc(-c3ccc4cnccc4n3)no2)CC1.O=C(O)C(F)(F)F. The van der Waals surface area contributed by atoms with Gasteiger partial charge in [-0.25, -0.2) is 14.6 Å². The van der Waals surface area contributed by atoms with Crippen molar-refractivity contribution in [1.29, 1.82) is 0 Å². The number of urea groups is 1. The Morgan fingerprint density at radius 2 is 1.79 bits per heavy atom. The number of aliphatic carboxylic acids is 1. The maximum Gasteiger partial charge on any atom is 0.490 e. The van der Waals surface area contributed by atoms with Crippen LogP contribution in [0.1, 0.15) is 24.7 Å². The van der Waals surface area contributed by atoms with Gasteiger partial charge in [0.25, 0.3) is 0 Å². The zero-order valence-corrected chi connectivity index (χ0v) is 20.3. The highest BCUT2D eigenvalue weighted by Gasteiger charge is 2.38. The fraction of sp³-hybridized carbons (Fsp3) is 0.250. The number of para-hydroxylation sites is 1. The molecule has 1 aliphatic heterocycles. The lowest BCUT2D eigenvalue weighted by Gasteiger charge is -2.30. The number of pyridine rings is 2. The molecule has 1 aliphatic rings. The summed E-state index contributed by atoms with van der Waals surface area (Å²) in [4.78, 5) is 36.5. The monoisotopic (exact) mass is 548 g/mol. The third kappa shape index (κ3) is 6.54. The normalized spacial score (nSPS) is 14.1. The number of benzene rings is 1. The van der Waals surface area contributed by atoms with Crippen LogP contribution >= 0.6 is 11.6 Å². The zero-order chi connectivity index (χ0) is 27.3. The summed E-state index contributed by atoms with van der Waals surface area (Å²) < 4.78 is 37.3. The molecule has 5 rings (SSSR count). The molecule has 1 saturated heterocycles. The summed E-state index contributed by atoms with van der Waals surface area (Å²) >= 11 is 6.13. The number of carboxylic acid groups (broad SMARTS) is 1. The Kier molecular flexibility index (Phi) is 8.05. The Morgan fingerprint density at radius 3 is 2.47 bits per heavy atom. The van der Waals surface area contributed by atoms with E-state index in [4.69, 9.17) is 26.0 Å². The standard InChI is InChI=1S/C22H19ClN6O2.C2HF3O2/c23-16-3-1-2-4-18(16)26-22(30)29-11-8-14(9-12-29)21-27-20(28-31-21)19-6-5-15-13-24-10-7-17(15)25-19;3-2(4,5)1(6)7/h1-7,10,13-14H,8-9,11-12H2,(H,26,30);(H,6,7). The zero-order valence-electron chi connectivity index (χ0n) is 19.5. The minimum absolute atomic E-state index is 0.107. The Balaban J connectivity index is 0.000000426. The first-order chi connectivity index (χ1) is 18.1. The van der Waals surface area contributed by atoms with Gasteiger partial charge in [-0.05, 0) is 43.2 Å². The number of rotatable bonds is 3. The topological polar surface area (TPSA) is 134 Å². The van der Waals surface area contributed by atoms with Crippen molar-refractivity contribution in [2.24, 2.45) is 0 Å². The summed E-state index contributed by atoms with van der Waals surface area (Å²) in [6, 6.07) is 12.7. The molecular weight excluding hydrogens is 529 g/mol. The van der Waals surface area contributed by atoms with Crippen LogP contribution in [0, 0.1) is 0 Å². The quantitative estimate of drug-likeness (QED) is 0.348. The van der Waals surface area contributed by atoms with Crippen LogP contribution in [0.2, 0.25) is 5.02 Å². The largest absolute Gasteiger partial charge is 0.490 e. The summed E-state index contributed by atoms with van der Waals surface area (Å²) in [5.74, 6) is -1.60. The van der Waals surface area contributed by atoms with E-state index in [0.29, 0.717) is 41.2 Å². The fourth-order valence-corrected chi connectivity index (χ4v) is 3.86. The van der Waals surface area contributed by atoms with E-state index in [1.165, 1.54) is 0 Å². The summed E-state index contributed by atoms with van der Waals surface area (Å²) in [6.45, 7) is 1.19. The van der Waals surface area contributed by atoms with Crippen LogP contribution < -0.4 is 5.32 Å². The van der Waals surface area contributed by atoms with Crippen LogP contribution in [-0.2, 0) is 4.79 Å². The molecule has 1 fully saturated rings. The summed E-state index contributed by atoms with van der Waals surface area (Å²) in [6.07, 6.45) is -0.122. The highest BCUT2D eigenvalue weighted by Crippen LogP contribution is 2.29. The molecular formula is C24H20ClF3N6O4. The maximum atomic E-state index is 12.6. The van der Waals surface area contributed by atoms with Gasteiger partial charge < -0.3 is 19.8 Å². The lowest BCUT2D eigenvalue weighted by atomic mass is 9.97. The molecule has 38 heavy (non-hydrogen) atoms. The third-order valence-electron chi connectivity index (χ3n) is 5.65. The Bertz CT molecular complexity index is 1440. The van der Waals surface area contributed by atoms with E-state index in [1.807, 2.05) is 30.3 Å². The van der Waals surface area contributed by atoms with Gasteiger partial charge >= 0.3 is 18.2 Å². The fourth-order valence-electron chi connectivity index (χ4n) is 3.68. The molecule has 0 bridgehead atoms. The Hall–Kier alpha value is -4.26. The number of carbonyl (C=O) groups is 2. The van der Waals surface area contributed by atoms with Gasteiger partial charge in [0.15, 0.2) is 0 Å². The second-order valence-electron chi connectivity index (χ2n) is 8.20. The van der Waals surface area contributed by atoms with Gasteiger partial charge in [0.05, 0.1) is 16.2 Å². The van der Waals surface area contributed by atoms with E-state index < -0.39 is 12.1 Å². The van der Waals surface area contributed by atoms with Gasteiger partial charge in [0.2, 0.25) is 11.7 Å². The number of hydrogen-bond donors (Lipinski definition) is 2. The van der Waals surface area contributed by atoms with Crippen LogP contribution in [0.15, 0.2) is 59.4 Å². The Labute approximate surface area is 218 Å². The number of aromatic nitrogens is 4. The number of nitrogens with zero attached hydrogens (tertiary/aromatic N) is 5.